The molecule has 0 aliphatic rings. The summed E-state index contributed by atoms with van der Waals surface area (Å²) < 4.78 is 45.0. The number of allylic oxidation sites excluding steroid dienone is 2. The van der Waals surface area contributed by atoms with Gasteiger partial charge >= 0.3 is 67.8 Å². The van der Waals surface area contributed by atoms with E-state index in [2.05, 4.69) is 59.5 Å². The van der Waals surface area contributed by atoms with Crippen molar-refractivity contribution in [3.05, 3.63) is 52.1 Å². The maximum atomic E-state index is 7.73. The van der Waals surface area contributed by atoms with E-state index in [0.717, 1.165) is 5.75 Å². The van der Waals surface area contributed by atoms with Gasteiger partial charge in [-0.15, -0.1) is 13.0 Å². The van der Waals surface area contributed by atoms with E-state index in [1.54, 1.807) is 6.08 Å². The van der Waals surface area contributed by atoms with Crippen molar-refractivity contribution in [2.75, 3.05) is 5.75 Å². The van der Waals surface area contributed by atoms with Gasteiger partial charge in [0.2, 0.25) is 6.29 Å². The number of hydrogen-bond donors (Lipinski definition) is 0. The topological polar surface area (TPSA) is 141 Å². The second kappa shape index (κ2) is 484. The van der Waals surface area contributed by atoms with Gasteiger partial charge in [0.1, 0.15) is 5.75 Å². The minimum absolute atomic E-state index is 0. The van der Waals surface area contributed by atoms with Crippen LogP contribution in [0.4, 0.5) is 0 Å². The molecule has 10 heteroatoms. The van der Waals surface area contributed by atoms with Crippen LogP contribution in [0.2, 0.25) is 0 Å². The van der Waals surface area contributed by atoms with Gasteiger partial charge in [-0.25, -0.2) is 6.08 Å². The molecule has 0 atom stereocenters. The Morgan fingerprint density at radius 1 is 0.826 bits per heavy atom. The van der Waals surface area contributed by atoms with Crippen LogP contribution in [0.15, 0.2) is 12.2 Å². The van der Waals surface area contributed by atoms with Crippen molar-refractivity contribution in [1.82, 2.24) is 0 Å². The molecule has 1 N–H and O–H groups in total. The number of carbonyl (C=O) groups excluding carboxylic acids is 1. The smallest absolute Gasteiger partial charge is 0 e. The predicted molar refractivity (Wildman–Crippen MR) is 70.6 cm³/mol. The van der Waals surface area contributed by atoms with Crippen LogP contribution in [-0.4, -0.2) is 16.8 Å². The summed E-state index contributed by atoms with van der Waals surface area (Å²) in [4.78, 5) is 7.73. The molecule has 23 heavy (non-hydrogen) atoms. The summed E-state index contributed by atoms with van der Waals surface area (Å²) in [5.41, 5.74) is 0. The molecule has 0 unspecified atom stereocenters. The first-order valence-electron chi connectivity index (χ1n) is 4.21. The molecular formula is C13H15Fe2O7S+. The van der Waals surface area contributed by atoms with E-state index in [4.69, 9.17) is 32.7 Å². The van der Waals surface area contributed by atoms with Crippen molar-refractivity contribution < 1.29 is 66.8 Å². The quantitative estimate of drug-likeness (QED) is 0.266. The van der Waals surface area contributed by atoms with Gasteiger partial charge < -0.3 is 4.79 Å². The molecule has 0 radical (unpaired) electrons. The normalized spacial score (nSPS) is 3.78. The molecule has 0 saturated carbocycles. The van der Waals surface area contributed by atoms with Crippen LogP contribution in [0.1, 0.15) is 20.3 Å². The zero-order valence-corrected chi connectivity index (χ0v) is 15.4. The van der Waals surface area contributed by atoms with Crippen molar-refractivity contribution in [2.45, 2.75) is 20.3 Å². The molecule has 0 aromatic heterocycles. The maximum Gasteiger partial charge on any atom is 0 e. The van der Waals surface area contributed by atoms with Crippen molar-refractivity contribution in [2.24, 2.45) is 0 Å². The second-order valence-corrected chi connectivity index (χ2v) is 1.88. The summed E-state index contributed by atoms with van der Waals surface area (Å²) >= 11 is 3.29. The Kier molecular flexibility index (Phi) is 1410. The van der Waals surface area contributed by atoms with E-state index in [-0.39, 0.29) is 34.1 Å². The Labute approximate surface area is 163 Å². The Morgan fingerprint density at radius 2 is 1.00 bits per heavy atom. The third-order valence-electron chi connectivity index (χ3n) is 0.491. The summed E-state index contributed by atoms with van der Waals surface area (Å²) in [6, 6.07) is 0. The molecule has 0 aliphatic carbocycles. The number of hydrogen-bond acceptors (Lipinski definition) is 0. The zero-order chi connectivity index (χ0) is 19.5. The maximum absolute atomic E-state index is 7.73. The van der Waals surface area contributed by atoms with Gasteiger partial charge in [0, 0.05) is 34.1 Å². The van der Waals surface area contributed by atoms with Crippen LogP contribution in [0.5, 0.6) is 0 Å². The molecular weight excluding hydrogens is 412 g/mol. The van der Waals surface area contributed by atoms with Gasteiger partial charge in [0.25, 0.3) is 0 Å². The fraction of sp³-hybridized carbons (Fsp3) is 0.308. The first-order valence-corrected chi connectivity index (χ1v) is 4.92. The molecule has 0 saturated heterocycles. The van der Waals surface area contributed by atoms with Gasteiger partial charge in [-0.3, -0.25) is 0 Å². The zero-order valence-electron chi connectivity index (χ0n) is 12.2. The fourth-order valence-corrected chi connectivity index (χ4v) is 0.0745. The third-order valence-corrected chi connectivity index (χ3v) is 0.991. The van der Waals surface area contributed by atoms with Gasteiger partial charge in [0.05, 0.1) is 0 Å². The molecule has 130 valence electrons. The van der Waals surface area contributed by atoms with E-state index >= 15 is 0 Å². The van der Waals surface area contributed by atoms with Gasteiger partial charge in [0.15, 0.2) is 0 Å². The van der Waals surface area contributed by atoms with Crippen molar-refractivity contribution in [3.63, 3.8) is 0 Å². The number of rotatable bonds is 2. The van der Waals surface area contributed by atoms with Crippen molar-refractivity contribution in [1.29, 1.82) is 0 Å². The first-order chi connectivity index (χ1) is 10.3. The molecule has 0 bridgehead atoms. The molecule has 0 amide bonds. The van der Waals surface area contributed by atoms with Crippen molar-refractivity contribution >= 4 is 18.9 Å². The van der Waals surface area contributed by atoms with Crippen LogP contribution < -0.4 is 0 Å². The van der Waals surface area contributed by atoms with E-state index in [1.807, 2.05) is 13.2 Å². The van der Waals surface area contributed by atoms with Crippen LogP contribution in [0.25, 0.3) is 0 Å². The average Bonchev–Trinajstić information content (AvgIpc) is 2.66. The Morgan fingerprint density at radius 3 is 1.00 bits per heavy atom. The van der Waals surface area contributed by atoms with E-state index in [1.165, 1.54) is 12.5 Å². The van der Waals surface area contributed by atoms with E-state index in [0.29, 0.717) is 0 Å². The molecule has 0 aromatic carbocycles. The SMILES string of the molecule is C/C=C/[C-]=[OH+].CCC[SH2+].[C-]#[O+].[C-]#[O+].[C-]#[O+].[C-]#[O+].[C-]#[O+].[C-]#[O+].[Fe].[Fe]. The second-order valence-electron chi connectivity index (χ2n) is 1.38. The molecule has 0 fully saturated rings. The van der Waals surface area contributed by atoms with E-state index < -0.39 is 0 Å². The van der Waals surface area contributed by atoms with Gasteiger partial charge in [-0.2, -0.15) is 0 Å². The van der Waals surface area contributed by atoms with E-state index in [9.17, 15) is 0 Å². The van der Waals surface area contributed by atoms with Gasteiger partial charge in [-0.05, 0) is 19.0 Å². The monoisotopic (exact) mass is 427 g/mol. The average molecular weight is 427 g/mol. The Balaban J connectivity index is -0.0000000108. The predicted octanol–water partition coefficient (Wildman–Crippen LogP) is 0.792. The van der Waals surface area contributed by atoms with Crippen LogP contribution in [0, 0.1) is 39.9 Å². The van der Waals surface area contributed by atoms with Crippen LogP contribution in [0.3, 0.4) is 0 Å². The fourth-order valence-electron chi connectivity index (χ4n) is 0.0745. The Bertz CT molecular complexity index is 220. The van der Waals surface area contributed by atoms with Crippen LogP contribution in [-0.2, 0) is 74.7 Å². The molecule has 0 aromatic rings. The minimum atomic E-state index is 0. The summed E-state index contributed by atoms with van der Waals surface area (Å²) in [5.74, 6) is 1.12. The van der Waals surface area contributed by atoms with Gasteiger partial charge in [-0.1, -0.05) is 6.92 Å². The molecule has 0 spiro atoms. The summed E-state index contributed by atoms with van der Waals surface area (Å²) in [6.45, 7) is 30.9. The Hall–Kier alpha value is -0.761. The largest absolute Gasteiger partial charge is 0 e. The summed E-state index contributed by atoms with van der Waals surface area (Å²) in [6.07, 6.45) is 6.19. The standard InChI is InChI=1S/C4H6O.C3H8S.6CO.2Fe/c1-2-3-4-5;1-2-3-4;6*1-2;;/h2-3,5H,1H3;4H,2-3H2,1H3;;;;;;;;/p+1/b3-2+;;;;;;;;;. The van der Waals surface area contributed by atoms with Crippen molar-refractivity contribution in [3.8, 4) is 0 Å². The first kappa shape index (κ1) is 67.0. The summed E-state index contributed by atoms with van der Waals surface area (Å²) in [7, 11) is 0. The third kappa shape index (κ3) is 1570. The molecule has 0 heterocycles. The minimum Gasteiger partial charge on any atom is 0 e. The van der Waals surface area contributed by atoms with Crippen LogP contribution >= 0.6 is 0 Å². The molecule has 0 rings (SSSR count). The summed E-state index contributed by atoms with van der Waals surface area (Å²) in [5, 5.41) is 0. The molecule has 0 aliphatic heterocycles. The molecule has 7 nitrogen and oxygen atoms in total.